The summed E-state index contributed by atoms with van der Waals surface area (Å²) in [6.45, 7) is 2.00. The van der Waals surface area contributed by atoms with Crippen molar-refractivity contribution in [3.05, 3.63) is 21.9 Å². The van der Waals surface area contributed by atoms with Gasteiger partial charge in [0.2, 0.25) is 0 Å². The summed E-state index contributed by atoms with van der Waals surface area (Å²) in [5, 5.41) is 11.9. The fraction of sp³-hybridized carbons (Fsp3) is 0.222. The molecule has 14 heavy (non-hydrogen) atoms. The number of thiophene rings is 1. The van der Waals surface area contributed by atoms with Gasteiger partial charge in [0.1, 0.15) is 6.42 Å². The number of nitriles is 1. The number of hydrazone groups is 1. The van der Waals surface area contributed by atoms with Crippen LogP contribution in [-0.4, -0.2) is 12.1 Å². The highest BCUT2D eigenvalue weighted by atomic mass is 32.1. The molecule has 72 valence electrons. The number of nitrogens with one attached hydrogen (secondary N) is 1. The Morgan fingerprint density at radius 3 is 3.14 bits per heavy atom. The number of hydrogen-bond acceptors (Lipinski definition) is 4. The molecule has 0 aliphatic rings. The summed E-state index contributed by atoms with van der Waals surface area (Å²) in [5.41, 5.74) is 2.26. The average Bonchev–Trinajstić information content (AvgIpc) is 2.52. The molecule has 1 amide bonds. The van der Waals surface area contributed by atoms with E-state index in [2.05, 4.69) is 10.5 Å². The standard InChI is InChI=1S/C9H9N3OS/c1-7-2-3-8(14-7)6-11-12-9(13)4-5-10/h2-3,6H,4H2,1H3,(H,12,13). The summed E-state index contributed by atoms with van der Waals surface area (Å²) in [5.74, 6) is -0.392. The molecule has 0 bridgehead atoms. The first-order valence-electron chi connectivity index (χ1n) is 3.97. The third-order valence-corrected chi connectivity index (χ3v) is 2.32. The summed E-state index contributed by atoms with van der Waals surface area (Å²) in [6, 6.07) is 5.63. The Bertz CT molecular complexity index is 389. The molecule has 0 unspecified atom stereocenters. The highest BCUT2D eigenvalue weighted by Crippen LogP contribution is 2.12. The molecule has 0 saturated heterocycles. The minimum absolute atomic E-state index is 0.166. The number of aryl methyl sites for hydroxylation is 1. The second kappa shape index (κ2) is 5.14. The topological polar surface area (TPSA) is 65.2 Å². The van der Waals surface area contributed by atoms with Crippen LogP contribution in [0.3, 0.4) is 0 Å². The van der Waals surface area contributed by atoms with Crippen LogP contribution >= 0.6 is 11.3 Å². The number of carbonyl (C=O) groups excluding carboxylic acids is 1. The van der Waals surface area contributed by atoms with E-state index in [0.717, 1.165) is 4.88 Å². The summed E-state index contributed by atoms with van der Waals surface area (Å²) in [4.78, 5) is 13.0. The van der Waals surface area contributed by atoms with E-state index in [1.165, 1.54) is 4.88 Å². The lowest BCUT2D eigenvalue weighted by molar-refractivity contribution is -0.120. The first kappa shape index (κ1) is 10.4. The maximum Gasteiger partial charge on any atom is 0.254 e. The molecule has 0 aliphatic heterocycles. The zero-order valence-corrected chi connectivity index (χ0v) is 8.47. The molecule has 0 saturated carbocycles. The maximum absolute atomic E-state index is 10.8. The largest absolute Gasteiger partial charge is 0.272 e. The lowest BCUT2D eigenvalue weighted by Gasteiger charge is -1.90. The lowest BCUT2D eigenvalue weighted by Crippen LogP contribution is -2.15. The van der Waals surface area contributed by atoms with Gasteiger partial charge in [-0.2, -0.15) is 10.4 Å². The molecule has 1 aromatic heterocycles. The van der Waals surface area contributed by atoms with Crippen molar-refractivity contribution >= 4 is 23.5 Å². The molecular weight excluding hydrogens is 198 g/mol. The van der Waals surface area contributed by atoms with Crippen LogP contribution in [0.25, 0.3) is 0 Å². The van der Waals surface area contributed by atoms with Crippen molar-refractivity contribution in [3.8, 4) is 6.07 Å². The van der Waals surface area contributed by atoms with Crippen molar-refractivity contribution in [2.45, 2.75) is 13.3 Å². The van der Waals surface area contributed by atoms with E-state index in [4.69, 9.17) is 5.26 Å². The van der Waals surface area contributed by atoms with Gasteiger partial charge in [0.25, 0.3) is 5.91 Å². The zero-order chi connectivity index (χ0) is 10.4. The van der Waals surface area contributed by atoms with Crippen LogP contribution in [0.2, 0.25) is 0 Å². The van der Waals surface area contributed by atoms with Gasteiger partial charge >= 0.3 is 0 Å². The summed E-state index contributed by atoms with van der Waals surface area (Å²) in [7, 11) is 0. The Kier molecular flexibility index (Phi) is 3.83. The Hall–Kier alpha value is -1.67. The number of carbonyl (C=O) groups is 1. The molecule has 5 heteroatoms. The number of rotatable bonds is 3. The van der Waals surface area contributed by atoms with E-state index in [0.29, 0.717) is 0 Å². The Morgan fingerprint density at radius 1 is 1.79 bits per heavy atom. The Labute approximate surface area is 85.9 Å². The second-order valence-electron chi connectivity index (χ2n) is 2.58. The van der Waals surface area contributed by atoms with E-state index in [1.807, 2.05) is 19.1 Å². The van der Waals surface area contributed by atoms with E-state index >= 15 is 0 Å². The number of amides is 1. The maximum atomic E-state index is 10.8. The molecule has 1 aromatic rings. The molecular formula is C9H9N3OS. The van der Waals surface area contributed by atoms with Gasteiger partial charge in [-0.05, 0) is 19.1 Å². The van der Waals surface area contributed by atoms with Crippen LogP contribution in [0.1, 0.15) is 16.2 Å². The smallest absolute Gasteiger partial charge is 0.254 e. The van der Waals surface area contributed by atoms with Crippen molar-refractivity contribution < 1.29 is 4.79 Å². The predicted octanol–water partition coefficient (Wildman–Crippen LogP) is 1.42. The summed E-state index contributed by atoms with van der Waals surface area (Å²) < 4.78 is 0. The summed E-state index contributed by atoms with van der Waals surface area (Å²) in [6.07, 6.45) is 1.40. The molecule has 0 aliphatic carbocycles. The minimum atomic E-state index is -0.392. The third kappa shape index (κ3) is 3.37. The van der Waals surface area contributed by atoms with Gasteiger partial charge < -0.3 is 0 Å². The first-order chi connectivity index (χ1) is 6.72. The van der Waals surface area contributed by atoms with Gasteiger partial charge in [0.15, 0.2) is 0 Å². The molecule has 0 radical (unpaired) electrons. The average molecular weight is 207 g/mol. The van der Waals surface area contributed by atoms with Gasteiger partial charge in [-0.25, -0.2) is 5.43 Å². The lowest BCUT2D eigenvalue weighted by atomic mass is 10.4. The van der Waals surface area contributed by atoms with E-state index in [9.17, 15) is 4.79 Å². The van der Waals surface area contributed by atoms with Crippen LogP contribution in [0, 0.1) is 18.3 Å². The minimum Gasteiger partial charge on any atom is -0.272 e. The molecule has 4 nitrogen and oxygen atoms in total. The van der Waals surface area contributed by atoms with E-state index in [-0.39, 0.29) is 6.42 Å². The Morgan fingerprint density at radius 2 is 2.57 bits per heavy atom. The third-order valence-electron chi connectivity index (χ3n) is 1.38. The van der Waals surface area contributed by atoms with Crippen LogP contribution in [-0.2, 0) is 4.79 Å². The van der Waals surface area contributed by atoms with Gasteiger partial charge in [0, 0.05) is 9.75 Å². The summed E-state index contributed by atoms with van der Waals surface area (Å²) >= 11 is 1.59. The molecule has 1 rings (SSSR count). The predicted molar refractivity (Wildman–Crippen MR) is 55.0 cm³/mol. The number of hydrogen-bond donors (Lipinski definition) is 1. The van der Waals surface area contributed by atoms with Crippen molar-refractivity contribution in [2.24, 2.45) is 5.10 Å². The van der Waals surface area contributed by atoms with Crippen LogP contribution in [0.4, 0.5) is 0 Å². The highest BCUT2D eigenvalue weighted by molar-refractivity contribution is 7.13. The molecule has 0 atom stereocenters. The fourth-order valence-electron chi connectivity index (χ4n) is 0.802. The van der Waals surface area contributed by atoms with Gasteiger partial charge in [-0.3, -0.25) is 4.79 Å². The van der Waals surface area contributed by atoms with Crippen molar-refractivity contribution in [1.82, 2.24) is 5.43 Å². The molecule has 0 spiro atoms. The van der Waals surface area contributed by atoms with Gasteiger partial charge in [-0.15, -0.1) is 11.3 Å². The van der Waals surface area contributed by atoms with Gasteiger partial charge in [-0.1, -0.05) is 0 Å². The van der Waals surface area contributed by atoms with Crippen molar-refractivity contribution in [2.75, 3.05) is 0 Å². The van der Waals surface area contributed by atoms with Crippen molar-refractivity contribution in [3.63, 3.8) is 0 Å². The number of nitrogens with zero attached hydrogens (tertiary/aromatic N) is 2. The Balaban J connectivity index is 2.42. The van der Waals surface area contributed by atoms with Crippen LogP contribution in [0.15, 0.2) is 17.2 Å². The second-order valence-corrected chi connectivity index (χ2v) is 3.90. The van der Waals surface area contributed by atoms with Crippen LogP contribution < -0.4 is 5.43 Å². The van der Waals surface area contributed by atoms with E-state index < -0.39 is 5.91 Å². The van der Waals surface area contributed by atoms with E-state index in [1.54, 1.807) is 23.6 Å². The fourth-order valence-corrected chi connectivity index (χ4v) is 1.55. The molecule has 0 aromatic carbocycles. The monoisotopic (exact) mass is 207 g/mol. The molecule has 0 fully saturated rings. The first-order valence-corrected chi connectivity index (χ1v) is 4.79. The molecule has 1 heterocycles. The SMILES string of the molecule is Cc1ccc(C=NNC(=O)CC#N)s1. The van der Waals surface area contributed by atoms with Gasteiger partial charge in [0.05, 0.1) is 12.3 Å². The van der Waals surface area contributed by atoms with Crippen LogP contribution in [0.5, 0.6) is 0 Å². The normalized spacial score (nSPS) is 10.0. The quantitative estimate of drug-likeness (QED) is 0.601. The zero-order valence-electron chi connectivity index (χ0n) is 7.65. The highest BCUT2D eigenvalue weighted by Gasteiger charge is 1.96. The molecule has 1 N–H and O–H groups in total. The van der Waals surface area contributed by atoms with Crippen molar-refractivity contribution in [1.29, 1.82) is 5.26 Å².